The first kappa shape index (κ1) is 19.0. The Morgan fingerprint density at radius 1 is 1.03 bits per heavy atom. The van der Waals surface area contributed by atoms with Crippen LogP contribution in [0.1, 0.15) is 17.0 Å². The van der Waals surface area contributed by atoms with E-state index in [0.717, 1.165) is 33.6 Å². The Bertz CT molecular complexity index is 1310. The first-order valence-electron chi connectivity index (χ1n) is 9.45. The van der Waals surface area contributed by atoms with Gasteiger partial charge in [-0.2, -0.15) is 0 Å². The van der Waals surface area contributed by atoms with E-state index in [1.54, 1.807) is 18.0 Å². The van der Waals surface area contributed by atoms with Gasteiger partial charge in [0.1, 0.15) is 11.4 Å². The molecule has 4 aromatic heterocycles. The zero-order valence-electron chi connectivity index (χ0n) is 16.2. The first-order chi connectivity index (χ1) is 14.7. The van der Waals surface area contributed by atoms with Gasteiger partial charge >= 0.3 is 0 Å². The van der Waals surface area contributed by atoms with E-state index < -0.39 is 0 Å². The fourth-order valence-electron chi connectivity index (χ4n) is 3.35. The molecule has 150 valence electrons. The average molecular weight is 436 g/mol. The Labute approximate surface area is 182 Å². The smallest absolute Gasteiger partial charge is 0.192 e. The fraction of sp³-hybridized carbons (Fsp3) is 0.136. The molecule has 5 aromatic rings. The van der Waals surface area contributed by atoms with Crippen LogP contribution < -0.4 is 0 Å². The number of nitrogens with zero attached hydrogens (tertiary/aromatic N) is 5. The summed E-state index contributed by atoms with van der Waals surface area (Å²) in [5, 5.41) is 10.5. The van der Waals surface area contributed by atoms with Crippen molar-refractivity contribution in [3.63, 3.8) is 0 Å². The second-order valence-corrected chi connectivity index (χ2v) is 8.28. The summed E-state index contributed by atoms with van der Waals surface area (Å²) in [6, 6.07) is 16.0. The quantitative estimate of drug-likeness (QED) is 0.330. The molecule has 1 aromatic carbocycles. The maximum Gasteiger partial charge on any atom is 0.192 e. The molecule has 0 bridgehead atoms. The van der Waals surface area contributed by atoms with Crippen molar-refractivity contribution in [1.82, 2.24) is 24.1 Å². The van der Waals surface area contributed by atoms with E-state index in [2.05, 4.69) is 31.9 Å². The van der Waals surface area contributed by atoms with Gasteiger partial charge < -0.3 is 8.82 Å². The predicted octanol–water partition coefficient (Wildman–Crippen LogP) is 5.49. The Morgan fingerprint density at radius 3 is 2.70 bits per heavy atom. The molecule has 0 saturated heterocycles. The summed E-state index contributed by atoms with van der Waals surface area (Å²) in [5.41, 5.74) is 3.96. The minimum Gasteiger partial charge on any atom is -0.469 e. The predicted molar refractivity (Wildman–Crippen MR) is 118 cm³/mol. The second-order valence-electron chi connectivity index (χ2n) is 6.90. The summed E-state index contributed by atoms with van der Waals surface area (Å²) in [4.78, 5) is 4.66. The number of hydrogen-bond donors (Lipinski definition) is 0. The number of benzene rings is 1. The van der Waals surface area contributed by atoms with E-state index in [1.807, 2.05) is 60.1 Å². The molecule has 5 rings (SSSR count). The third-order valence-electron chi connectivity index (χ3n) is 4.81. The van der Waals surface area contributed by atoms with E-state index in [9.17, 15) is 0 Å². The number of aromatic nitrogens is 5. The van der Waals surface area contributed by atoms with Gasteiger partial charge in [-0.15, -0.1) is 10.2 Å². The molecule has 0 aliphatic rings. The molecule has 4 heterocycles. The zero-order chi connectivity index (χ0) is 20.5. The molecular formula is C22H18ClN5OS. The van der Waals surface area contributed by atoms with Crippen molar-refractivity contribution in [1.29, 1.82) is 0 Å². The van der Waals surface area contributed by atoms with Crippen molar-refractivity contribution >= 4 is 29.0 Å². The molecule has 0 fully saturated rings. The summed E-state index contributed by atoms with van der Waals surface area (Å²) in [6.07, 6.45) is 5.53. The second kappa shape index (κ2) is 8.01. The number of hydrogen-bond acceptors (Lipinski definition) is 5. The van der Waals surface area contributed by atoms with Crippen LogP contribution in [0.4, 0.5) is 0 Å². The van der Waals surface area contributed by atoms with Crippen LogP contribution >= 0.6 is 23.4 Å². The molecule has 0 aliphatic heterocycles. The highest BCUT2D eigenvalue weighted by molar-refractivity contribution is 7.98. The number of rotatable bonds is 6. The van der Waals surface area contributed by atoms with Gasteiger partial charge in [0.15, 0.2) is 11.0 Å². The Hall–Kier alpha value is -3.03. The van der Waals surface area contributed by atoms with Gasteiger partial charge in [-0.25, -0.2) is 4.98 Å². The van der Waals surface area contributed by atoms with Gasteiger partial charge in [-0.3, -0.25) is 4.57 Å². The maximum atomic E-state index is 6.08. The van der Waals surface area contributed by atoms with Crippen LogP contribution in [0.15, 0.2) is 76.8 Å². The zero-order valence-corrected chi connectivity index (χ0v) is 17.8. The van der Waals surface area contributed by atoms with E-state index in [1.165, 1.54) is 5.56 Å². The van der Waals surface area contributed by atoms with Crippen molar-refractivity contribution < 1.29 is 4.42 Å². The molecule has 0 spiro atoms. The molecule has 0 saturated carbocycles. The van der Waals surface area contributed by atoms with Crippen LogP contribution in [-0.4, -0.2) is 24.1 Å². The highest BCUT2D eigenvalue weighted by atomic mass is 35.5. The summed E-state index contributed by atoms with van der Waals surface area (Å²) in [7, 11) is 0. The number of aryl methyl sites for hydroxylation is 1. The highest BCUT2D eigenvalue weighted by Crippen LogP contribution is 2.29. The van der Waals surface area contributed by atoms with E-state index in [-0.39, 0.29) is 0 Å². The minimum absolute atomic E-state index is 0.677. The lowest BCUT2D eigenvalue weighted by molar-refractivity contribution is 0.534. The SMILES string of the molecule is Cc1occc1-c1nnc(SCc2cn3cc(Cl)ccc3n2)n1Cc1ccccc1. The molecule has 8 heteroatoms. The summed E-state index contributed by atoms with van der Waals surface area (Å²) < 4.78 is 9.56. The van der Waals surface area contributed by atoms with Crippen LogP contribution in [0.2, 0.25) is 5.02 Å². The molecule has 30 heavy (non-hydrogen) atoms. The molecule has 0 aliphatic carbocycles. The number of pyridine rings is 1. The van der Waals surface area contributed by atoms with Gasteiger partial charge in [0.25, 0.3) is 0 Å². The third kappa shape index (κ3) is 3.74. The monoisotopic (exact) mass is 435 g/mol. The number of furan rings is 1. The largest absolute Gasteiger partial charge is 0.469 e. The number of fused-ring (bicyclic) bond motifs is 1. The molecule has 0 radical (unpaired) electrons. The van der Waals surface area contributed by atoms with Gasteiger partial charge in [-0.1, -0.05) is 53.7 Å². The summed E-state index contributed by atoms with van der Waals surface area (Å²) in [5.74, 6) is 2.30. The lowest BCUT2D eigenvalue weighted by atomic mass is 10.2. The third-order valence-corrected chi connectivity index (χ3v) is 6.04. The molecule has 0 N–H and O–H groups in total. The number of imidazole rings is 1. The Kier molecular flexibility index (Phi) is 5.06. The van der Waals surface area contributed by atoms with E-state index >= 15 is 0 Å². The maximum absolute atomic E-state index is 6.08. The van der Waals surface area contributed by atoms with Crippen LogP contribution in [0.25, 0.3) is 17.0 Å². The van der Waals surface area contributed by atoms with Crippen LogP contribution in [0, 0.1) is 6.92 Å². The highest BCUT2D eigenvalue weighted by Gasteiger charge is 2.18. The normalized spacial score (nSPS) is 11.4. The average Bonchev–Trinajstić information content (AvgIpc) is 3.45. The van der Waals surface area contributed by atoms with Crippen LogP contribution in [0.3, 0.4) is 0 Å². The Morgan fingerprint density at radius 2 is 1.90 bits per heavy atom. The molecule has 0 unspecified atom stereocenters. The van der Waals surface area contributed by atoms with Crippen molar-refractivity contribution in [2.75, 3.05) is 0 Å². The van der Waals surface area contributed by atoms with Crippen molar-refractivity contribution in [3.05, 3.63) is 89.2 Å². The number of thioether (sulfide) groups is 1. The standard InChI is InChI=1S/C22H18ClN5OS/c1-15-19(9-10-29-15)21-25-26-22(28(21)11-16-5-3-2-4-6-16)30-14-18-13-27-12-17(23)7-8-20(27)24-18/h2-10,12-13H,11,14H2,1H3. The van der Waals surface area contributed by atoms with Gasteiger partial charge in [0.2, 0.25) is 0 Å². The van der Waals surface area contributed by atoms with Crippen molar-refractivity contribution in [2.45, 2.75) is 24.4 Å². The lowest BCUT2D eigenvalue weighted by Gasteiger charge is -2.09. The number of halogens is 1. The fourth-order valence-corrected chi connectivity index (χ4v) is 4.34. The van der Waals surface area contributed by atoms with Crippen molar-refractivity contribution in [3.8, 4) is 11.4 Å². The van der Waals surface area contributed by atoms with Crippen LogP contribution in [-0.2, 0) is 12.3 Å². The summed E-state index contributed by atoms with van der Waals surface area (Å²) >= 11 is 7.69. The van der Waals surface area contributed by atoms with Gasteiger partial charge in [0.05, 0.1) is 29.1 Å². The van der Waals surface area contributed by atoms with Crippen LogP contribution in [0.5, 0.6) is 0 Å². The van der Waals surface area contributed by atoms with E-state index in [0.29, 0.717) is 17.3 Å². The van der Waals surface area contributed by atoms with E-state index in [4.69, 9.17) is 16.0 Å². The molecule has 0 atom stereocenters. The van der Waals surface area contributed by atoms with Gasteiger partial charge in [0, 0.05) is 18.1 Å². The molecule has 6 nitrogen and oxygen atoms in total. The summed E-state index contributed by atoms with van der Waals surface area (Å²) in [6.45, 7) is 2.61. The van der Waals surface area contributed by atoms with Crippen molar-refractivity contribution in [2.24, 2.45) is 0 Å². The first-order valence-corrected chi connectivity index (χ1v) is 10.8. The topological polar surface area (TPSA) is 61.1 Å². The minimum atomic E-state index is 0.677. The Balaban J connectivity index is 1.46. The molecule has 0 amide bonds. The van der Waals surface area contributed by atoms with Gasteiger partial charge in [-0.05, 0) is 30.7 Å². The lowest BCUT2D eigenvalue weighted by Crippen LogP contribution is -2.04. The molecular weight excluding hydrogens is 418 g/mol.